The smallest absolute Gasteiger partial charge is 0.303 e. The summed E-state index contributed by atoms with van der Waals surface area (Å²) in [5, 5.41) is 8.53. The van der Waals surface area contributed by atoms with Gasteiger partial charge >= 0.3 is 5.97 Å². The van der Waals surface area contributed by atoms with Gasteiger partial charge in [0.1, 0.15) is 0 Å². The van der Waals surface area contributed by atoms with Crippen LogP contribution in [0.5, 0.6) is 0 Å². The Balaban J connectivity index is 3.11. The van der Waals surface area contributed by atoms with E-state index >= 15 is 0 Å². The van der Waals surface area contributed by atoms with E-state index in [0.717, 1.165) is 19.3 Å². The number of allylic oxidation sites excluding steroid dienone is 4. The quantitative estimate of drug-likeness (QED) is 0.255. The highest BCUT2D eigenvalue weighted by Gasteiger charge is 1.96. The molecule has 0 aliphatic heterocycles. The van der Waals surface area contributed by atoms with Gasteiger partial charge in [0.15, 0.2) is 0 Å². The van der Waals surface area contributed by atoms with E-state index in [4.69, 9.17) is 5.11 Å². The number of carboxylic acid groups (broad SMARTS) is 1. The Morgan fingerprint density at radius 1 is 0.682 bits per heavy atom. The second-order valence-electron chi connectivity index (χ2n) is 6.04. The predicted octanol–water partition coefficient (Wildman–Crippen LogP) is 6.66. The summed E-state index contributed by atoms with van der Waals surface area (Å²) in [6.45, 7) is 2.18. The molecule has 128 valence electrons. The van der Waals surface area contributed by atoms with E-state index < -0.39 is 5.97 Å². The van der Waals surface area contributed by atoms with Crippen LogP contribution in [-0.2, 0) is 4.79 Å². The summed E-state index contributed by atoms with van der Waals surface area (Å²) in [5.74, 6) is -0.663. The molecule has 0 spiro atoms. The van der Waals surface area contributed by atoms with Gasteiger partial charge in [0.05, 0.1) is 0 Å². The minimum atomic E-state index is -0.663. The molecule has 0 aromatic rings. The van der Waals surface area contributed by atoms with Gasteiger partial charge in [-0.2, -0.15) is 0 Å². The molecule has 0 saturated carbocycles. The van der Waals surface area contributed by atoms with E-state index in [2.05, 4.69) is 31.2 Å². The summed E-state index contributed by atoms with van der Waals surface area (Å²) in [6.07, 6.45) is 25.3. The van der Waals surface area contributed by atoms with Crippen molar-refractivity contribution in [1.82, 2.24) is 0 Å². The number of hydrogen-bond acceptors (Lipinski definition) is 1. The topological polar surface area (TPSA) is 37.3 Å². The molecular weight excluding hydrogens is 272 g/mol. The Morgan fingerprint density at radius 2 is 1.09 bits per heavy atom. The van der Waals surface area contributed by atoms with Crippen LogP contribution in [0.4, 0.5) is 0 Å². The zero-order valence-electron chi connectivity index (χ0n) is 14.6. The third-order valence-corrected chi connectivity index (χ3v) is 3.82. The highest BCUT2D eigenvalue weighted by Crippen LogP contribution is 2.10. The Morgan fingerprint density at radius 3 is 1.59 bits per heavy atom. The van der Waals surface area contributed by atoms with Gasteiger partial charge in [0.2, 0.25) is 0 Å². The third-order valence-electron chi connectivity index (χ3n) is 3.82. The van der Waals surface area contributed by atoms with Crippen molar-refractivity contribution in [2.45, 2.75) is 96.8 Å². The average Bonchev–Trinajstić information content (AvgIpc) is 2.50. The molecule has 0 aliphatic rings. The fourth-order valence-electron chi connectivity index (χ4n) is 2.47. The van der Waals surface area contributed by atoms with Crippen LogP contribution < -0.4 is 0 Å². The van der Waals surface area contributed by atoms with Crippen LogP contribution in [0.2, 0.25) is 0 Å². The van der Waals surface area contributed by atoms with Crippen molar-refractivity contribution < 1.29 is 9.90 Å². The summed E-state index contributed by atoms with van der Waals surface area (Å²) in [7, 11) is 0. The fraction of sp³-hybridized carbons (Fsp3) is 0.750. The van der Waals surface area contributed by atoms with Crippen molar-refractivity contribution in [2.75, 3.05) is 0 Å². The molecule has 0 aromatic heterocycles. The van der Waals surface area contributed by atoms with E-state index in [1.54, 1.807) is 0 Å². The molecule has 0 atom stereocenters. The zero-order valence-corrected chi connectivity index (χ0v) is 14.6. The predicted molar refractivity (Wildman–Crippen MR) is 96.2 cm³/mol. The molecule has 0 bridgehead atoms. The number of carbonyl (C=O) groups is 1. The van der Waals surface area contributed by atoms with Gasteiger partial charge in [0.25, 0.3) is 0 Å². The molecule has 2 nitrogen and oxygen atoms in total. The molecule has 0 aromatic carbocycles. The molecule has 0 aliphatic carbocycles. The third kappa shape index (κ3) is 18.9. The molecule has 0 saturated heterocycles. The first-order valence-electron chi connectivity index (χ1n) is 9.29. The van der Waals surface area contributed by atoms with Crippen LogP contribution >= 0.6 is 0 Å². The maximum atomic E-state index is 10.4. The minimum absolute atomic E-state index is 0.333. The molecule has 2 heteroatoms. The monoisotopic (exact) mass is 308 g/mol. The van der Waals surface area contributed by atoms with Crippen molar-refractivity contribution in [3.8, 4) is 0 Å². The van der Waals surface area contributed by atoms with Crippen LogP contribution in [0, 0.1) is 0 Å². The first-order chi connectivity index (χ1) is 10.8. The Hall–Kier alpha value is -1.05. The van der Waals surface area contributed by atoms with Gasteiger partial charge in [-0.3, -0.25) is 4.79 Å². The van der Waals surface area contributed by atoms with E-state index in [1.807, 2.05) is 0 Å². The van der Waals surface area contributed by atoms with Crippen molar-refractivity contribution >= 4 is 5.97 Å². The summed E-state index contributed by atoms with van der Waals surface area (Å²) < 4.78 is 0. The van der Waals surface area contributed by atoms with E-state index in [9.17, 15) is 4.79 Å². The molecule has 0 amide bonds. The van der Waals surface area contributed by atoms with E-state index in [0.29, 0.717) is 6.42 Å². The lowest BCUT2D eigenvalue weighted by Crippen LogP contribution is -1.93. The first kappa shape index (κ1) is 20.9. The molecular formula is C20H36O2. The number of rotatable bonds is 16. The Bertz CT molecular complexity index is 292. The van der Waals surface area contributed by atoms with Crippen LogP contribution in [-0.4, -0.2) is 11.1 Å². The van der Waals surface area contributed by atoms with Crippen molar-refractivity contribution in [2.24, 2.45) is 0 Å². The van der Waals surface area contributed by atoms with E-state index in [-0.39, 0.29) is 0 Å². The van der Waals surface area contributed by atoms with Crippen LogP contribution in [0.15, 0.2) is 24.3 Å². The van der Waals surface area contributed by atoms with E-state index in [1.165, 1.54) is 64.2 Å². The van der Waals surface area contributed by atoms with Gasteiger partial charge in [0, 0.05) is 6.42 Å². The van der Waals surface area contributed by atoms with Gasteiger partial charge < -0.3 is 5.11 Å². The lowest BCUT2D eigenvalue weighted by molar-refractivity contribution is -0.137. The van der Waals surface area contributed by atoms with Gasteiger partial charge in [-0.15, -0.1) is 0 Å². The maximum Gasteiger partial charge on any atom is 0.303 e. The minimum Gasteiger partial charge on any atom is -0.481 e. The summed E-state index contributed by atoms with van der Waals surface area (Å²) in [6, 6.07) is 0. The lowest BCUT2D eigenvalue weighted by Gasteiger charge is -2.00. The Kier molecular flexibility index (Phi) is 17.1. The SMILES string of the molecule is CC/C=C/CCCC/C=C/CCCCCCCCCC(=O)O. The highest BCUT2D eigenvalue weighted by molar-refractivity contribution is 5.66. The molecule has 0 fully saturated rings. The number of carboxylic acids is 1. The van der Waals surface area contributed by atoms with Crippen molar-refractivity contribution in [3.05, 3.63) is 24.3 Å². The fourth-order valence-corrected chi connectivity index (χ4v) is 2.47. The van der Waals surface area contributed by atoms with Gasteiger partial charge in [-0.05, 0) is 51.4 Å². The van der Waals surface area contributed by atoms with Crippen LogP contribution in [0.25, 0.3) is 0 Å². The second-order valence-corrected chi connectivity index (χ2v) is 6.04. The molecule has 0 radical (unpaired) electrons. The summed E-state index contributed by atoms with van der Waals surface area (Å²) in [4.78, 5) is 10.4. The largest absolute Gasteiger partial charge is 0.481 e. The first-order valence-corrected chi connectivity index (χ1v) is 9.29. The molecule has 0 heterocycles. The van der Waals surface area contributed by atoms with Crippen LogP contribution in [0.3, 0.4) is 0 Å². The van der Waals surface area contributed by atoms with Crippen molar-refractivity contribution in [3.63, 3.8) is 0 Å². The highest BCUT2D eigenvalue weighted by atomic mass is 16.4. The maximum absolute atomic E-state index is 10.4. The molecule has 1 N–H and O–H groups in total. The molecule has 22 heavy (non-hydrogen) atoms. The zero-order chi connectivity index (χ0) is 16.3. The lowest BCUT2D eigenvalue weighted by atomic mass is 10.1. The standard InChI is InChI=1S/C20H36O2/c1-2-3-4-5-6-7-8-9-10-11-12-13-14-15-16-17-18-19-20(21)22/h3-4,9-10H,2,5-8,11-19H2,1H3,(H,21,22)/b4-3+,10-9+. The molecule has 0 rings (SSSR count). The second kappa shape index (κ2) is 18.0. The summed E-state index contributed by atoms with van der Waals surface area (Å²) in [5.41, 5.74) is 0. The summed E-state index contributed by atoms with van der Waals surface area (Å²) >= 11 is 0. The number of hydrogen-bond donors (Lipinski definition) is 1. The number of unbranched alkanes of at least 4 members (excludes halogenated alkanes) is 10. The molecule has 0 unspecified atom stereocenters. The van der Waals surface area contributed by atoms with Gasteiger partial charge in [-0.1, -0.05) is 63.3 Å². The average molecular weight is 309 g/mol. The van der Waals surface area contributed by atoms with Crippen molar-refractivity contribution in [1.29, 1.82) is 0 Å². The van der Waals surface area contributed by atoms with Gasteiger partial charge in [-0.25, -0.2) is 0 Å². The van der Waals surface area contributed by atoms with Crippen LogP contribution in [0.1, 0.15) is 96.8 Å². The Labute approximate surface area is 137 Å². The normalized spacial score (nSPS) is 11.7. The number of aliphatic carboxylic acids is 1.